The lowest BCUT2D eigenvalue weighted by atomic mass is 9.99. The Labute approximate surface area is 215 Å². The Bertz CT molecular complexity index is 1430. The van der Waals surface area contributed by atoms with Crippen molar-refractivity contribution >= 4 is 40.5 Å². The fourth-order valence-electron chi connectivity index (χ4n) is 3.71. The Balaban J connectivity index is 1.66. The molecule has 0 aliphatic rings. The molecule has 186 valence electrons. The highest BCUT2D eigenvalue weighted by atomic mass is 16.5. The van der Waals surface area contributed by atoms with Gasteiger partial charge in [0.1, 0.15) is 11.5 Å². The summed E-state index contributed by atoms with van der Waals surface area (Å²) in [6, 6.07) is 28.5. The molecular weight excluding hydrogens is 466 g/mol. The smallest absolute Gasteiger partial charge is 0.256 e. The summed E-state index contributed by atoms with van der Waals surface area (Å²) >= 11 is 0. The molecule has 37 heavy (non-hydrogen) atoms. The largest absolute Gasteiger partial charge is 0.497 e. The average Bonchev–Trinajstić information content (AvgIpc) is 2.93. The van der Waals surface area contributed by atoms with E-state index in [1.54, 1.807) is 79.9 Å². The Morgan fingerprint density at radius 2 is 1.49 bits per heavy atom. The summed E-state index contributed by atoms with van der Waals surface area (Å²) in [5.41, 5.74) is 9.79. The van der Waals surface area contributed by atoms with Gasteiger partial charge in [-0.1, -0.05) is 42.5 Å². The third-order valence-electron chi connectivity index (χ3n) is 5.67. The van der Waals surface area contributed by atoms with Gasteiger partial charge in [-0.15, -0.1) is 0 Å². The summed E-state index contributed by atoms with van der Waals surface area (Å²) < 4.78 is 10.9. The molecule has 4 rings (SSSR count). The van der Waals surface area contributed by atoms with Crippen LogP contribution in [0.15, 0.2) is 97.1 Å². The minimum Gasteiger partial charge on any atom is -0.497 e. The van der Waals surface area contributed by atoms with Crippen LogP contribution in [0.3, 0.4) is 0 Å². The highest BCUT2D eigenvalue weighted by molar-refractivity contribution is 6.29. The molecule has 0 saturated carbocycles. The fourth-order valence-corrected chi connectivity index (χ4v) is 3.71. The topological polar surface area (TPSA) is 103 Å². The van der Waals surface area contributed by atoms with Crippen LogP contribution in [0, 0.1) is 0 Å². The SMILES string of the molecule is COc1ccc(/C(=C/c2ccc(C(=O)Nc3ccccc3N)cc2)C(=O)Nc2ccccc2)c(OC)c1. The van der Waals surface area contributed by atoms with Gasteiger partial charge in [-0.05, 0) is 60.2 Å². The van der Waals surface area contributed by atoms with Crippen LogP contribution in [-0.2, 0) is 4.79 Å². The molecule has 0 bridgehead atoms. The number of ether oxygens (including phenoxy) is 2. The molecule has 0 heterocycles. The van der Waals surface area contributed by atoms with E-state index in [1.165, 1.54) is 7.11 Å². The van der Waals surface area contributed by atoms with Crippen molar-refractivity contribution in [3.05, 3.63) is 114 Å². The summed E-state index contributed by atoms with van der Waals surface area (Å²) in [6.45, 7) is 0. The molecule has 0 atom stereocenters. The number of hydrogen-bond acceptors (Lipinski definition) is 5. The van der Waals surface area contributed by atoms with Crippen molar-refractivity contribution in [2.45, 2.75) is 0 Å². The van der Waals surface area contributed by atoms with E-state index in [0.717, 1.165) is 5.56 Å². The molecule has 0 unspecified atom stereocenters. The second-order valence-corrected chi connectivity index (χ2v) is 8.11. The quantitative estimate of drug-likeness (QED) is 0.166. The number of rotatable bonds is 8. The molecule has 7 nitrogen and oxygen atoms in total. The van der Waals surface area contributed by atoms with E-state index in [1.807, 2.05) is 30.3 Å². The standard InChI is InChI=1S/C30H27N3O4/c1-36-23-16-17-24(28(19-23)37-2)25(30(35)32-22-8-4-3-5-9-22)18-20-12-14-21(15-13-20)29(34)33-27-11-7-6-10-26(27)31/h3-19H,31H2,1-2H3,(H,32,35)(H,33,34)/b25-18-. The summed E-state index contributed by atoms with van der Waals surface area (Å²) in [5.74, 6) is 0.506. The van der Waals surface area contributed by atoms with Crippen LogP contribution < -0.4 is 25.8 Å². The number of methoxy groups -OCH3 is 2. The first-order valence-corrected chi connectivity index (χ1v) is 11.5. The lowest BCUT2D eigenvalue weighted by Gasteiger charge is -2.14. The maximum atomic E-state index is 13.4. The van der Waals surface area contributed by atoms with Crippen LogP contribution in [0.25, 0.3) is 11.6 Å². The van der Waals surface area contributed by atoms with Crippen LogP contribution in [0.5, 0.6) is 11.5 Å². The van der Waals surface area contributed by atoms with Crippen LogP contribution in [-0.4, -0.2) is 26.0 Å². The number of amides is 2. The first kappa shape index (κ1) is 25.1. The average molecular weight is 494 g/mol. The van der Waals surface area contributed by atoms with Gasteiger partial charge in [0.25, 0.3) is 11.8 Å². The molecule has 0 saturated heterocycles. The molecule has 0 spiro atoms. The summed E-state index contributed by atoms with van der Waals surface area (Å²) in [5, 5.41) is 5.74. The van der Waals surface area contributed by atoms with E-state index >= 15 is 0 Å². The zero-order valence-corrected chi connectivity index (χ0v) is 20.5. The van der Waals surface area contributed by atoms with Crippen molar-refractivity contribution < 1.29 is 19.1 Å². The van der Waals surface area contributed by atoms with Gasteiger partial charge >= 0.3 is 0 Å². The highest BCUT2D eigenvalue weighted by Gasteiger charge is 2.18. The lowest BCUT2D eigenvalue weighted by molar-refractivity contribution is -0.111. The third kappa shape index (κ3) is 6.15. The molecule has 0 aliphatic heterocycles. The van der Waals surface area contributed by atoms with Gasteiger partial charge in [0.15, 0.2) is 0 Å². The molecule has 2 amide bonds. The van der Waals surface area contributed by atoms with Crippen LogP contribution in [0.4, 0.5) is 17.1 Å². The number of benzene rings is 4. The van der Waals surface area contributed by atoms with E-state index in [-0.39, 0.29) is 11.8 Å². The normalized spacial score (nSPS) is 10.9. The maximum absolute atomic E-state index is 13.4. The second kappa shape index (κ2) is 11.6. The van der Waals surface area contributed by atoms with E-state index < -0.39 is 0 Å². The van der Waals surface area contributed by atoms with Crippen LogP contribution in [0.2, 0.25) is 0 Å². The molecule has 0 aromatic heterocycles. The van der Waals surface area contributed by atoms with E-state index in [2.05, 4.69) is 10.6 Å². The molecule has 0 fully saturated rings. The molecule has 4 N–H and O–H groups in total. The van der Waals surface area contributed by atoms with Crippen molar-refractivity contribution in [2.75, 3.05) is 30.6 Å². The van der Waals surface area contributed by atoms with Crippen LogP contribution >= 0.6 is 0 Å². The number of carbonyl (C=O) groups is 2. The number of nitrogens with one attached hydrogen (secondary N) is 2. The Morgan fingerprint density at radius 3 is 2.16 bits per heavy atom. The predicted molar refractivity (Wildman–Crippen MR) is 148 cm³/mol. The van der Waals surface area contributed by atoms with Crippen molar-refractivity contribution in [1.82, 2.24) is 0 Å². The summed E-state index contributed by atoms with van der Waals surface area (Å²) in [7, 11) is 3.11. The van der Waals surface area contributed by atoms with Crippen molar-refractivity contribution in [3.63, 3.8) is 0 Å². The molecular formula is C30H27N3O4. The second-order valence-electron chi connectivity index (χ2n) is 8.11. The molecule has 7 heteroatoms. The first-order chi connectivity index (χ1) is 18.0. The van der Waals surface area contributed by atoms with Gasteiger partial charge in [-0.3, -0.25) is 9.59 Å². The Kier molecular flexibility index (Phi) is 7.85. The minimum atomic E-state index is -0.309. The van der Waals surface area contributed by atoms with Gasteiger partial charge < -0.3 is 25.8 Å². The summed E-state index contributed by atoms with van der Waals surface area (Å²) in [4.78, 5) is 26.1. The highest BCUT2D eigenvalue weighted by Crippen LogP contribution is 2.32. The van der Waals surface area contributed by atoms with Gasteiger partial charge in [0.2, 0.25) is 0 Å². The molecule has 4 aromatic rings. The monoisotopic (exact) mass is 493 g/mol. The van der Waals surface area contributed by atoms with Gasteiger partial charge in [0.05, 0.1) is 31.2 Å². The number of anilines is 3. The van der Waals surface area contributed by atoms with E-state index in [0.29, 0.717) is 45.3 Å². The Morgan fingerprint density at radius 1 is 0.784 bits per heavy atom. The number of hydrogen-bond donors (Lipinski definition) is 3. The van der Waals surface area contributed by atoms with Crippen molar-refractivity contribution in [1.29, 1.82) is 0 Å². The van der Waals surface area contributed by atoms with Gasteiger partial charge in [-0.25, -0.2) is 0 Å². The Hall–Kier alpha value is -5.04. The zero-order valence-electron chi connectivity index (χ0n) is 20.5. The van der Waals surface area contributed by atoms with Crippen LogP contribution in [0.1, 0.15) is 21.5 Å². The van der Waals surface area contributed by atoms with Crippen molar-refractivity contribution in [2.24, 2.45) is 0 Å². The number of nitrogen functional groups attached to an aromatic ring is 1. The minimum absolute atomic E-state index is 0.285. The maximum Gasteiger partial charge on any atom is 0.256 e. The predicted octanol–water partition coefficient (Wildman–Crippen LogP) is 5.72. The third-order valence-corrected chi connectivity index (χ3v) is 5.67. The lowest BCUT2D eigenvalue weighted by Crippen LogP contribution is -2.14. The van der Waals surface area contributed by atoms with E-state index in [4.69, 9.17) is 15.2 Å². The van der Waals surface area contributed by atoms with Gasteiger partial charge in [-0.2, -0.15) is 0 Å². The first-order valence-electron chi connectivity index (χ1n) is 11.5. The number of para-hydroxylation sites is 3. The van der Waals surface area contributed by atoms with Gasteiger partial charge in [0, 0.05) is 22.9 Å². The molecule has 4 aromatic carbocycles. The zero-order chi connectivity index (χ0) is 26.2. The fraction of sp³-hybridized carbons (Fsp3) is 0.0667. The van der Waals surface area contributed by atoms with Crippen molar-refractivity contribution in [3.8, 4) is 11.5 Å². The number of nitrogens with two attached hydrogens (primary N) is 1. The number of carbonyl (C=O) groups excluding carboxylic acids is 2. The molecule has 0 radical (unpaired) electrons. The van der Waals surface area contributed by atoms with E-state index in [9.17, 15) is 9.59 Å². The summed E-state index contributed by atoms with van der Waals surface area (Å²) in [6.07, 6.45) is 1.75. The molecule has 0 aliphatic carbocycles.